The van der Waals surface area contributed by atoms with Crippen molar-refractivity contribution in [3.05, 3.63) is 36.5 Å². The maximum absolute atomic E-state index is 11.7. The van der Waals surface area contributed by atoms with E-state index in [4.69, 9.17) is 5.73 Å². The van der Waals surface area contributed by atoms with Gasteiger partial charge in [-0.1, -0.05) is 0 Å². The van der Waals surface area contributed by atoms with Crippen LogP contribution >= 0.6 is 0 Å². The Morgan fingerprint density at radius 1 is 1.28 bits per heavy atom. The number of nitrogens with two attached hydrogens (primary N) is 1. The predicted octanol–water partition coefficient (Wildman–Crippen LogP) is 1.80. The molecule has 0 atom stereocenters. The zero-order valence-corrected chi connectivity index (χ0v) is 9.84. The average Bonchev–Trinajstić information content (AvgIpc) is 3.12. The zero-order chi connectivity index (χ0) is 12.5. The van der Waals surface area contributed by atoms with Crippen molar-refractivity contribution in [3.63, 3.8) is 0 Å². The normalized spacial score (nSPS) is 14.4. The highest BCUT2D eigenvalue weighted by Crippen LogP contribution is 2.30. The number of nitrogens with zero attached hydrogens (tertiary/aromatic N) is 2. The molecule has 0 radical (unpaired) electrons. The van der Waals surface area contributed by atoms with Crippen LogP contribution in [0.1, 0.15) is 12.8 Å². The fourth-order valence-corrected chi connectivity index (χ4v) is 1.79. The first-order valence-electron chi connectivity index (χ1n) is 5.95. The molecule has 3 N–H and O–H groups in total. The fraction of sp³-hybridized carbons (Fsp3) is 0.231. The largest absolute Gasteiger partial charge is 0.399 e. The van der Waals surface area contributed by atoms with Gasteiger partial charge in [-0.25, -0.2) is 4.68 Å². The van der Waals surface area contributed by atoms with Gasteiger partial charge in [0.05, 0.1) is 11.9 Å². The number of benzene rings is 1. The number of amides is 1. The Balaban J connectivity index is 1.86. The molecule has 5 heteroatoms. The lowest BCUT2D eigenvalue weighted by molar-refractivity contribution is -0.117. The summed E-state index contributed by atoms with van der Waals surface area (Å²) in [4.78, 5) is 11.7. The number of anilines is 2. The molecule has 1 heterocycles. The van der Waals surface area contributed by atoms with Gasteiger partial charge in [0.25, 0.3) is 0 Å². The summed E-state index contributed by atoms with van der Waals surface area (Å²) in [5, 5.41) is 7.11. The summed E-state index contributed by atoms with van der Waals surface area (Å²) in [6, 6.07) is 9.15. The van der Waals surface area contributed by atoms with E-state index in [9.17, 15) is 4.79 Å². The van der Waals surface area contributed by atoms with Crippen molar-refractivity contribution >= 4 is 17.4 Å². The van der Waals surface area contributed by atoms with Gasteiger partial charge in [0, 0.05) is 17.7 Å². The number of nitrogen functional groups attached to an aromatic ring is 1. The van der Waals surface area contributed by atoms with Crippen LogP contribution in [-0.4, -0.2) is 15.7 Å². The molecule has 2 aromatic rings. The SMILES string of the molecule is Nc1ccc(-n2nccc2NC(=O)C2CC2)cc1. The van der Waals surface area contributed by atoms with Gasteiger partial charge in [-0.2, -0.15) is 5.10 Å². The number of rotatable bonds is 3. The summed E-state index contributed by atoms with van der Waals surface area (Å²) in [5.74, 6) is 0.948. The molecule has 18 heavy (non-hydrogen) atoms. The van der Waals surface area contributed by atoms with Gasteiger partial charge >= 0.3 is 0 Å². The summed E-state index contributed by atoms with van der Waals surface area (Å²) >= 11 is 0. The van der Waals surface area contributed by atoms with E-state index < -0.39 is 0 Å². The van der Waals surface area contributed by atoms with E-state index in [-0.39, 0.29) is 11.8 Å². The van der Waals surface area contributed by atoms with Gasteiger partial charge < -0.3 is 11.1 Å². The minimum Gasteiger partial charge on any atom is -0.399 e. The number of carbonyl (C=O) groups excluding carboxylic acids is 1. The van der Waals surface area contributed by atoms with Gasteiger partial charge in [-0.3, -0.25) is 4.79 Å². The monoisotopic (exact) mass is 242 g/mol. The van der Waals surface area contributed by atoms with Gasteiger partial charge in [0.2, 0.25) is 5.91 Å². The molecule has 1 aliphatic rings. The average molecular weight is 242 g/mol. The lowest BCUT2D eigenvalue weighted by Crippen LogP contribution is -2.16. The minimum absolute atomic E-state index is 0.0761. The molecular formula is C13H14N4O. The van der Waals surface area contributed by atoms with Gasteiger partial charge in [-0.05, 0) is 37.1 Å². The molecule has 0 saturated heterocycles. The molecule has 1 fully saturated rings. The van der Waals surface area contributed by atoms with Crippen LogP contribution in [0, 0.1) is 5.92 Å². The first-order chi connectivity index (χ1) is 8.74. The molecule has 3 rings (SSSR count). The molecular weight excluding hydrogens is 228 g/mol. The third-order valence-corrected chi connectivity index (χ3v) is 2.98. The topological polar surface area (TPSA) is 72.9 Å². The van der Waals surface area contributed by atoms with E-state index in [0.717, 1.165) is 18.5 Å². The third kappa shape index (κ3) is 2.07. The Labute approximate surface area is 105 Å². The van der Waals surface area contributed by atoms with Crippen molar-refractivity contribution in [1.82, 2.24) is 9.78 Å². The number of nitrogens with one attached hydrogen (secondary N) is 1. The van der Waals surface area contributed by atoms with Crippen LogP contribution < -0.4 is 11.1 Å². The lowest BCUT2D eigenvalue weighted by atomic mass is 10.3. The first-order valence-corrected chi connectivity index (χ1v) is 5.95. The standard InChI is InChI=1S/C13H14N4O/c14-10-3-5-11(6-4-10)17-12(7-8-15-17)16-13(18)9-1-2-9/h3-9H,1-2,14H2,(H,16,18). The van der Waals surface area contributed by atoms with Crippen molar-refractivity contribution in [1.29, 1.82) is 0 Å². The fourth-order valence-electron chi connectivity index (χ4n) is 1.79. The van der Waals surface area contributed by atoms with Crippen molar-refractivity contribution in [2.45, 2.75) is 12.8 Å². The van der Waals surface area contributed by atoms with Crippen molar-refractivity contribution in [2.24, 2.45) is 5.92 Å². The maximum atomic E-state index is 11.7. The van der Waals surface area contributed by atoms with E-state index in [2.05, 4.69) is 10.4 Å². The highest BCUT2D eigenvalue weighted by atomic mass is 16.2. The number of hydrogen-bond donors (Lipinski definition) is 2. The van der Waals surface area contributed by atoms with E-state index in [0.29, 0.717) is 11.5 Å². The molecule has 0 unspecified atom stereocenters. The van der Waals surface area contributed by atoms with Crippen molar-refractivity contribution in [3.8, 4) is 5.69 Å². The van der Waals surface area contributed by atoms with E-state index >= 15 is 0 Å². The Morgan fingerprint density at radius 3 is 2.67 bits per heavy atom. The van der Waals surface area contributed by atoms with E-state index in [1.165, 1.54) is 0 Å². The Bertz CT molecular complexity index is 569. The Hall–Kier alpha value is -2.30. The molecule has 1 amide bonds. The number of carbonyl (C=O) groups is 1. The van der Waals surface area contributed by atoms with Gasteiger partial charge in [0.15, 0.2) is 0 Å². The van der Waals surface area contributed by atoms with Crippen LogP contribution in [0.5, 0.6) is 0 Å². The van der Waals surface area contributed by atoms with E-state index in [1.807, 2.05) is 24.3 Å². The van der Waals surface area contributed by atoms with Crippen molar-refractivity contribution in [2.75, 3.05) is 11.1 Å². The molecule has 92 valence electrons. The second-order valence-electron chi connectivity index (χ2n) is 4.48. The summed E-state index contributed by atoms with van der Waals surface area (Å²) < 4.78 is 1.69. The Kier molecular flexibility index (Phi) is 2.51. The molecule has 0 aliphatic heterocycles. The molecule has 0 bridgehead atoms. The second-order valence-corrected chi connectivity index (χ2v) is 4.48. The first kappa shape index (κ1) is 10.8. The number of hydrogen-bond acceptors (Lipinski definition) is 3. The number of aromatic nitrogens is 2. The van der Waals surface area contributed by atoms with Crippen LogP contribution in [0.2, 0.25) is 0 Å². The molecule has 1 aromatic heterocycles. The minimum atomic E-state index is 0.0761. The Morgan fingerprint density at radius 2 is 2.00 bits per heavy atom. The molecule has 0 spiro atoms. The van der Waals surface area contributed by atoms with Crippen LogP contribution in [0.15, 0.2) is 36.5 Å². The third-order valence-electron chi connectivity index (χ3n) is 2.98. The molecule has 1 aliphatic carbocycles. The molecule has 1 saturated carbocycles. The quantitative estimate of drug-likeness (QED) is 0.806. The zero-order valence-electron chi connectivity index (χ0n) is 9.84. The van der Waals surface area contributed by atoms with E-state index in [1.54, 1.807) is 16.9 Å². The maximum Gasteiger partial charge on any atom is 0.228 e. The summed E-state index contributed by atoms with van der Waals surface area (Å²) in [5.41, 5.74) is 7.23. The highest BCUT2D eigenvalue weighted by Gasteiger charge is 2.30. The molecule has 1 aromatic carbocycles. The van der Waals surface area contributed by atoms with Crippen LogP contribution in [0.25, 0.3) is 5.69 Å². The smallest absolute Gasteiger partial charge is 0.228 e. The van der Waals surface area contributed by atoms with Crippen LogP contribution in [0.3, 0.4) is 0 Å². The van der Waals surface area contributed by atoms with Gasteiger partial charge in [0.1, 0.15) is 5.82 Å². The molecule has 5 nitrogen and oxygen atoms in total. The summed E-state index contributed by atoms with van der Waals surface area (Å²) in [7, 11) is 0. The van der Waals surface area contributed by atoms with Crippen LogP contribution in [0.4, 0.5) is 11.5 Å². The highest BCUT2D eigenvalue weighted by molar-refractivity contribution is 5.93. The van der Waals surface area contributed by atoms with Crippen molar-refractivity contribution < 1.29 is 4.79 Å². The predicted molar refractivity (Wildman–Crippen MR) is 69.3 cm³/mol. The van der Waals surface area contributed by atoms with Gasteiger partial charge in [-0.15, -0.1) is 0 Å². The van der Waals surface area contributed by atoms with Crippen LogP contribution in [-0.2, 0) is 4.79 Å². The summed E-state index contributed by atoms with van der Waals surface area (Å²) in [6.07, 6.45) is 3.64. The summed E-state index contributed by atoms with van der Waals surface area (Å²) in [6.45, 7) is 0. The lowest BCUT2D eigenvalue weighted by Gasteiger charge is -2.08. The second kappa shape index (κ2) is 4.18.